The molecule has 1 aliphatic rings. The number of carbonyl (C=O) groups is 3. The van der Waals surface area contributed by atoms with E-state index in [4.69, 9.17) is 4.98 Å². The lowest BCUT2D eigenvalue weighted by molar-refractivity contribution is -0.131. The first-order valence-corrected chi connectivity index (χ1v) is 13.3. The molecule has 39 heavy (non-hydrogen) atoms. The molecular weight excluding hydrogens is 494 g/mol. The Morgan fingerprint density at radius 1 is 1.21 bits per heavy atom. The topological polar surface area (TPSA) is 112 Å². The molecule has 3 amide bonds. The van der Waals surface area contributed by atoms with Crippen molar-refractivity contribution in [3.05, 3.63) is 52.5 Å². The van der Waals surface area contributed by atoms with Crippen LogP contribution in [0.3, 0.4) is 0 Å². The van der Waals surface area contributed by atoms with Gasteiger partial charge in [-0.2, -0.15) is 5.10 Å². The Morgan fingerprint density at radius 3 is 2.56 bits per heavy atom. The van der Waals surface area contributed by atoms with Gasteiger partial charge in [0.05, 0.1) is 22.8 Å². The van der Waals surface area contributed by atoms with Gasteiger partial charge in [0.1, 0.15) is 0 Å². The third kappa shape index (κ3) is 7.63. The quantitative estimate of drug-likeness (QED) is 0.337. The number of hydrogen-bond donors (Lipinski definition) is 2. The molecule has 0 spiro atoms. The normalized spacial score (nSPS) is 14.9. The number of hydrogen-bond acceptors (Lipinski definition) is 6. The largest absolute Gasteiger partial charge is 0.348 e. The monoisotopic (exact) mass is 535 g/mol. The summed E-state index contributed by atoms with van der Waals surface area (Å²) in [5.41, 5.74) is 5.62. The van der Waals surface area contributed by atoms with E-state index in [1.165, 1.54) is 0 Å². The second-order valence-electron chi connectivity index (χ2n) is 10.6. The lowest BCUT2D eigenvalue weighted by Crippen LogP contribution is -2.36. The molecule has 1 aliphatic heterocycles. The van der Waals surface area contributed by atoms with Gasteiger partial charge in [-0.05, 0) is 78.4 Å². The first-order valence-electron chi connectivity index (χ1n) is 13.3. The number of fused-ring (bicyclic) bond motifs is 1. The van der Waals surface area contributed by atoms with Crippen molar-refractivity contribution in [1.82, 2.24) is 35.2 Å². The van der Waals surface area contributed by atoms with Gasteiger partial charge in [0.15, 0.2) is 5.65 Å². The molecule has 10 nitrogen and oxygen atoms in total. The molecule has 3 rings (SSSR count). The molecule has 0 unspecified atom stereocenters. The smallest absolute Gasteiger partial charge is 0.252 e. The van der Waals surface area contributed by atoms with Gasteiger partial charge in [-0.15, -0.1) is 0 Å². The van der Waals surface area contributed by atoms with Gasteiger partial charge in [-0.3, -0.25) is 14.4 Å². The summed E-state index contributed by atoms with van der Waals surface area (Å²) in [6, 6.07) is 1.91. The lowest BCUT2D eigenvalue weighted by atomic mass is 10.0. The molecule has 0 bridgehead atoms. The van der Waals surface area contributed by atoms with Crippen molar-refractivity contribution < 1.29 is 14.4 Å². The van der Waals surface area contributed by atoms with E-state index in [9.17, 15) is 14.4 Å². The molecule has 2 aromatic heterocycles. The lowest BCUT2D eigenvalue weighted by Gasteiger charge is -2.27. The highest BCUT2D eigenvalue weighted by atomic mass is 16.2. The third-order valence-corrected chi connectivity index (χ3v) is 6.87. The van der Waals surface area contributed by atoms with E-state index in [1.807, 2.05) is 81.4 Å². The average Bonchev–Trinajstić information content (AvgIpc) is 3.34. The molecule has 0 saturated heterocycles. The van der Waals surface area contributed by atoms with Crippen LogP contribution < -0.4 is 10.6 Å². The zero-order valence-corrected chi connectivity index (χ0v) is 24.2. The number of nitrogens with one attached hydrogen (secondary N) is 2. The number of rotatable bonds is 11. The Labute approximate surface area is 230 Å². The van der Waals surface area contributed by atoms with Crippen LogP contribution in [0.4, 0.5) is 0 Å². The molecule has 0 atom stereocenters. The van der Waals surface area contributed by atoms with E-state index >= 15 is 0 Å². The second kappa shape index (κ2) is 13.3. The standard InChI is InChI=1S/C29H41N7O3/c1-19(2)36-28-25(17-32-36)24(29(39)30-16-21(4)20(3)14-22(5)31-18-37)15-26(33-28)23-8-12-35(13-9-23)27(38)10-11-34(6)7/h8,14-15,17-19H,9-13,16H2,1-7H3,(H,30,39)(H,31,37)/b21-20+,22-14-. The summed E-state index contributed by atoms with van der Waals surface area (Å²) in [7, 11) is 3.92. The summed E-state index contributed by atoms with van der Waals surface area (Å²) in [5, 5.41) is 10.9. The summed E-state index contributed by atoms with van der Waals surface area (Å²) < 4.78 is 1.83. The Balaban J connectivity index is 1.87. The van der Waals surface area contributed by atoms with Crippen LogP contribution in [0.15, 0.2) is 41.3 Å². The molecule has 2 N–H and O–H groups in total. The highest BCUT2D eigenvalue weighted by Crippen LogP contribution is 2.27. The molecule has 2 aromatic rings. The maximum Gasteiger partial charge on any atom is 0.252 e. The van der Waals surface area contributed by atoms with E-state index in [0.29, 0.717) is 55.5 Å². The molecule has 0 radical (unpaired) electrons. The van der Waals surface area contributed by atoms with Crippen molar-refractivity contribution in [2.75, 3.05) is 40.3 Å². The van der Waals surface area contributed by atoms with E-state index in [1.54, 1.807) is 6.20 Å². The van der Waals surface area contributed by atoms with Crippen LogP contribution in [0, 0.1) is 0 Å². The fraction of sp³-hybridized carbons (Fsp3) is 0.483. The van der Waals surface area contributed by atoms with Gasteiger partial charge in [0, 0.05) is 44.3 Å². The van der Waals surface area contributed by atoms with E-state index < -0.39 is 0 Å². The van der Waals surface area contributed by atoms with Gasteiger partial charge < -0.3 is 20.4 Å². The first kappa shape index (κ1) is 29.8. The van der Waals surface area contributed by atoms with Gasteiger partial charge in [-0.25, -0.2) is 9.67 Å². The number of nitrogens with zero attached hydrogens (tertiary/aromatic N) is 5. The molecule has 10 heteroatoms. The average molecular weight is 536 g/mol. The number of aromatic nitrogens is 3. The molecule has 0 aromatic carbocycles. The maximum atomic E-state index is 13.4. The predicted molar refractivity (Wildman–Crippen MR) is 154 cm³/mol. The number of carbonyl (C=O) groups excluding carboxylic acids is 3. The van der Waals surface area contributed by atoms with Crippen LogP contribution in [-0.4, -0.2) is 83.1 Å². The minimum atomic E-state index is -0.206. The number of amides is 3. The minimum absolute atomic E-state index is 0.0779. The van der Waals surface area contributed by atoms with Crippen LogP contribution >= 0.6 is 0 Å². The van der Waals surface area contributed by atoms with Crippen LogP contribution in [0.2, 0.25) is 0 Å². The summed E-state index contributed by atoms with van der Waals surface area (Å²) in [6.07, 6.45) is 7.42. The van der Waals surface area contributed by atoms with E-state index in [0.717, 1.165) is 34.7 Å². The van der Waals surface area contributed by atoms with Crippen molar-refractivity contribution in [2.24, 2.45) is 0 Å². The summed E-state index contributed by atoms with van der Waals surface area (Å²) in [5.74, 6) is -0.0613. The van der Waals surface area contributed by atoms with Crippen molar-refractivity contribution in [3.63, 3.8) is 0 Å². The van der Waals surface area contributed by atoms with E-state index in [-0.39, 0.29) is 17.9 Å². The fourth-order valence-electron chi connectivity index (χ4n) is 4.38. The van der Waals surface area contributed by atoms with Crippen LogP contribution in [0.1, 0.15) is 69.6 Å². The number of allylic oxidation sites excluding steroid dienone is 3. The summed E-state index contributed by atoms with van der Waals surface area (Å²) in [4.78, 5) is 45.5. The van der Waals surface area contributed by atoms with Gasteiger partial charge in [0.2, 0.25) is 12.3 Å². The fourth-order valence-corrected chi connectivity index (χ4v) is 4.38. The molecular formula is C29H41N7O3. The summed E-state index contributed by atoms with van der Waals surface area (Å²) in [6.45, 7) is 12.0. The zero-order valence-electron chi connectivity index (χ0n) is 24.2. The van der Waals surface area contributed by atoms with E-state index in [2.05, 4.69) is 15.7 Å². The van der Waals surface area contributed by atoms with Crippen molar-refractivity contribution in [1.29, 1.82) is 0 Å². The molecule has 0 saturated carbocycles. The van der Waals surface area contributed by atoms with Crippen molar-refractivity contribution in [2.45, 2.75) is 53.5 Å². The van der Waals surface area contributed by atoms with Gasteiger partial charge in [0.25, 0.3) is 5.91 Å². The molecule has 210 valence electrons. The maximum absolute atomic E-state index is 13.4. The van der Waals surface area contributed by atoms with Crippen LogP contribution in [0.5, 0.6) is 0 Å². The second-order valence-corrected chi connectivity index (χ2v) is 10.6. The van der Waals surface area contributed by atoms with Gasteiger partial charge >= 0.3 is 0 Å². The Morgan fingerprint density at radius 2 is 1.95 bits per heavy atom. The first-order chi connectivity index (χ1) is 18.5. The Kier molecular flexibility index (Phi) is 10.2. The SMILES string of the molecule is C/C(=C/C(C)=C(\C)CNC(=O)c1cc(C2=CCN(C(=O)CCN(C)C)CC2)nc2c1cnn2C(C)C)NC=O. The third-order valence-electron chi connectivity index (χ3n) is 6.87. The molecule has 0 fully saturated rings. The molecule has 3 heterocycles. The predicted octanol–water partition coefficient (Wildman–Crippen LogP) is 3.30. The zero-order chi connectivity index (χ0) is 28.7. The summed E-state index contributed by atoms with van der Waals surface area (Å²) >= 11 is 0. The minimum Gasteiger partial charge on any atom is -0.348 e. The Hall–Kier alpha value is -3.79. The molecule has 0 aliphatic carbocycles. The Bertz CT molecular complexity index is 1320. The van der Waals surface area contributed by atoms with Crippen LogP contribution in [0.25, 0.3) is 16.6 Å². The number of pyridine rings is 1. The van der Waals surface area contributed by atoms with Crippen molar-refractivity contribution >= 4 is 34.8 Å². The highest BCUT2D eigenvalue weighted by Gasteiger charge is 2.22. The van der Waals surface area contributed by atoms with Crippen molar-refractivity contribution in [3.8, 4) is 0 Å². The highest BCUT2D eigenvalue weighted by molar-refractivity contribution is 6.06. The van der Waals surface area contributed by atoms with Gasteiger partial charge in [-0.1, -0.05) is 11.6 Å². The van der Waals surface area contributed by atoms with Crippen LogP contribution in [-0.2, 0) is 9.59 Å².